The van der Waals surface area contributed by atoms with E-state index in [0.29, 0.717) is 23.5 Å². The molecule has 1 fully saturated rings. The Labute approximate surface area is 201 Å². The number of carbonyl (C=O) groups excluding carboxylic acids is 1. The molecule has 0 bridgehead atoms. The van der Waals surface area contributed by atoms with Crippen molar-refractivity contribution < 1.29 is 18.3 Å². The first-order valence-corrected chi connectivity index (χ1v) is 13.2. The van der Waals surface area contributed by atoms with E-state index in [-0.39, 0.29) is 5.91 Å². The molecule has 33 heavy (non-hydrogen) atoms. The number of hydrogen-bond acceptors (Lipinski definition) is 7. The Morgan fingerprint density at radius 2 is 2.15 bits per heavy atom. The number of carbonyl (C=O) groups is 1. The van der Waals surface area contributed by atoms with Crippen molar-refractivity contribution in [3.05, 3.63) is 26.7 Å². The second-order valence-corrected chi connectivity index (χ2v) is 11.2. The van der Waals surface area contributed by atoms with Crippen LogP contribution in [0.2, 0.25) is 0 Å². The molecule has 2 aromatic rings. The van der Waals surface area contributed by atoms with Gasteiger partial charge in [0.05, 0.1) is 17.1 Å². The summed E-state index contributed by atoms with van der Waals surface area (Å²) in [7, 11) is 0. The van der Waals surface area contributed by atoms with Gasteiger partial charge in [0.15, 0.2) is 6.61 Å². The molecule has 6 nitrogen and oxygen atoms in total. The molecular formula is C23H30F2N4O2S2. The highest BCUT2D eigenvalue weighted by atomic mass is 32.1. The summed E-state index contributed by atoms with van der Waals surface area (Å²) >= 11 is 2.95. The van der Waals surface area contributed by atoms with E-state index < -0.39 is 13.0 Å². The molecule has 4 rings (SSSR count). The van der Waals surface area contributed by atoms with Crippen LogP contribution in [-0.4, -0.2) is 53.1 Å². The summed E-state index contributed by atoms with van der Waals surface area (Å²) in [6, 6.07) is 0. The highest BCUT2D eigenvalue weighted by molar-refractivity contribution is 7.13. The number of hydrogen-bond donors (Lipinski definition) is 0. The van der Waals surface area contributed by atoms with Gasteiger partial charge in [0.25, 0.3) is 17.5 Å². The van der Waals surface area contributed by atoms with E-state index in [1.165, 1.54) is 24.2 Å². The van der Waals surface area contributed by atoms with E-state index in [4.69, 9.17) is 4.74 Å². The van der Waals surface area contributed by atoms with Crippen LogP contribution in [0.25, 0.3) is 0 Å². The summed E-state index contributed by atoms with van der Waals surface area (Å²) in [5.41, 5.74) is 0.980. The van der Waals surface area contributed by atoms with Gasteiger partial charge in [-0.1, -0.05) is 11.3 Å². The molecule has 3 heterocycles. The maximum absolute atomic E-state index is 12.3. The van der Waals surface area contributed by atoms with Crippen LogP contribution >= 0.6 is 22.7 Å². The van der Waals surface area contributed by atoms with Crippen molar-refractivity contribution in [2.75, 3.05) is 19.7 Å². The monoisotopic (exact) mass is 496 g/mol. The quantitative estimate of drug-likeness (QED) is 0.460. The van der Waals surface area contributed by atoms with Gasteiger partial charge in [0.2, 0.25) is 0 Å². The fourth-order valence-electron chi connectivity index (χ4n) is 4.48. The lowest BCUT2D eigenvalue weighted by atomic mass is 9.81. The van der Waals surface area contributed by atoms with E-state index in [1.54, 1.807) is 17.5 Å². The first kappa shape index (κ1) is 24.3. The molecule has 1 aliphatic carbocycles. The molecule has 0 spiro atoms. The summed E-state index contributed by atoms with van der Waals surface area (Å²) in [6.45, 7) is 4.12. The van der Waals surface area contributed by atoms with E-state index in [0.717, 1.165) is 65.8 Å². The number of thiazole rings is 2. The van der Waals surface area contributed by atoms with Gasteiger partial charge < -0.3 is 4.74 Å². The molecule has 1 aliphatic heterocycles. The predicted octanol–water partition coefficient (Wildman–Crippen LogP) is 4.95. The Kier molecular flexibility index (Phi) is 8.54. The number of fused-ring (bicyclic) bond motifs is 1. The average molecular weight is 497 g/mol. The maximum atomic E-state index is 12.3. The molecule has 1 saturated carbocycles. The number of aromatic nitrogens is 2. The highest BCUT2D eigenvalue weighted by Crippen LogP contribution is 2.32. The maximum Gasteiger partial charge on any atom is 0.273 e. The first-order chi connectivity index (χ1) is 15.9. The minimum Gasteiger partial charge on any atom is -0.464 e. The first-order valence-electron chi connectivity index (χ1n) is 11.5. The van der Waals surface area contributed by atoms with Crippen LogP contribution in [0.15, 0.2) is 11.2 Å². The summed E-state index contributed by atoms with van der Waals surface area (Å²) in [5, 5.41) is 1.34. The lowest BCUT2D eigenvalue weighted by Gasteiger charge is -2.30. The van der Waals surface area contributed by atoms with E-state index >= 15 is 0 Å². The molecule has 1 amide bonds. The van der Waals surface area contributed by atoms with Gasteiger partial charge >= 0.3 is 0 Å². The molecule has 0 aromatic carbocycles. The third-order valence-corrected chi connectivity index (χ3v) is 8.27. The van der Waals surface area contributed by atoms with E-state index in [9.17, 15) is 13.6 Å². The van der Waals surface area contributed by atoms with Gasteiger partial charge in [-0.05, 0) is 63.8 Å². The lowest BCUT2D eigenvalue weighted by Crippen LogP contribution is -2.32. The molecule has 0 atom stereocenters. The minimum atomic E-state index is -2.47. The van der Waals surface area contributed by atoms with Crippen LogP contribution in [0.3, 0.4) is 0 Å². The van der Waals surface area contributed by atoms with Crippen LogP contribution in [0.1, 0.15) is 52.6 Å². The van der Waals surface area contributed by atoms with Crippen LogP contribution in [0, 0.1) is 18.8 Å². The Balaban J connectivity index is 1.15. The standard InChI is InChI=1S/C23H30F2N4O2S2/c1-15-26-12-18(32-15)10-22(30)27-11-17-4-2-16(3-5-17)6-8-29-9-7-20-19(13-29)28-23(33-20)31-14-21(24)25/h11-12,16-17,21H,2-10,13-14H2,1H3. The Morgan fingerprint density at radius 3 is 2.88 bits per heavy atom. The second kappa shape index (κ2) is 11.6. The molecule has 2 aromatic heterocycles. The third kappa shape index (κ3) is 7.35. The number of amides is 1. The van der Waals surface area contributed by atoms with Crippen LogP contribution in [0.5, 0.6) is 5.19 Å². The van der Waals surface area contributed by atoms with Crippen molar-refractivity contribution in [3.63, 3.8) is 0 Å². The van der Waals surface area contributed by atoms with Crippen molar-refractivity contribution in [1.82, 2.24) is 14.9 Å². The van der Waals surface area contributed by atoms with Gasteiger partial charge in [-0.15, -0.1) is 11.3 Å². The smallest absolute Gasteiger partial charge is 0.273 e. The fourth-order valence-corrected chi connectivity index (χ4v) is 6.18. The van der Waals surface area contributed by atoms with Crippen molar-refractivity contribution in [2.45, 2.75) is 64.8 Å². The second-order valence-electron chi connectivity index (χ2n) is 8.84. The molecule has 0 N–H and O–H groups in total. The number of ether oxygens (including phenoxy) is 1. The van der Waals surface area contributed by atoms with Crippen LogP contribution < -0.4 is 4.74 Å². The van der Waals surface area contributed by atoms with Crippen molar-refractivity contribution in [3.8, 4) is 5.19 Å². The normalized spacial score (nSPS) is 21.6. The zero-order valence-corrected chi connectivity index (χ0v) is 20.5. The predicted molar refractivity (Wildman–Crippen MR) is 127 cm³/mol. The van der Waals surface area contributed by atoms with Gasteiger partial charge in [0, 0.05) is 35.3 Å². The van der Waals surface area contributed by atoms with Gasteiger partial charge in [-0.25, -0.2) is 23.7 Å². The van der Waals surface area contributed by atoms with Crippen molar-refractivity contribution in [2.24, 2.45) is 16.8 Å². The van der Waals surface area contributed by atoms with Crippen LogP contribution in [0.4, 0.5) is 8.78 Å². The highest BCUT2D eigenvalue weighted by Gasteiger charge is 2.24. The van der Waals surface area contributed by atoms with Gasteiger partial charge in [-0.2, -0.15) is 0 Å². The van der Waals surface area contributed by atoms with E-state index in [1.807, 2.05) is 13.1 Å². The topological polar surface area (TPSA) is 67.7 Å². The molecular weight excluding hydrogens is 466 g/mol. The zero-order valence-electron chi connectivity index (χ0n) is 18.8. The average Bonchev–Trinajstić information content (AvgIpc) is 3.40. The summed E-state index contributed by atoms with van der Waals surface area (Å²) in [6.07, 6.45) is 8.06. The summed E-state index contributed by atoms with van der Waals surface area (Å²) < 4.78 is 29.8. The van der Waals surface area contributed by atoms with Crippen molar-refractivity contribution in [1.29, 1.82) is 0 Å². The molecule has 180 valence electrons. The number of aryl methyl sites for hydroxylation is 1. The molecule has 0 unspecified atom stereocenters. The SMILES string of the molecule is Cc1ncc(CC(=O)N=CC2CCC(CCN3CCc4sc(OCC(F)F)nc4C3)CC2)s1. The van der Waals surface area contributed by atoms with Gasteiger partial charge in [-0.3, -0.25) is 9.69 Å². The summed E-state index contributed by atoms with van der Waals surface area (Å²) in [4.78, 5) is 29.4. The molecule has 0 saturated heterocycles. The van der Waals surface area contributed by atoms with E-state index in [2.05, 4.69) is 19.9 Å². The number of aliphatic imine (C=N–C) groups is 1. The largest absolute Gasteiger partial charge is 0.464 e. The molecule has 0 radical (unpaired) electrons. The summed E-state index contributed by atoms with van der Waals surface area (Å²) in [5.74, 6) is 1.01. The Morgan fingerprint density at radius 1 is 1.33 bits per heavy atom. The minimum absolute atomic E-state index is 0.0879. The molecule has 10 heteroatoms. The zero-order chi connectivity index (χ0) is 23.2. The van der Waals surface area contributed by atoms with Crippen LogP contribution in [-0.2, 0) is 24.2 Å². The fraction of sp³-hybridized carbons (Fsp3) is 0.652. The third-order valence-electron chi connectivity index (χ3n) is 6.29. The Bertz CT molecular complexity index is 954. The number of alkyl halides is 2. The van der Waals surface area contributed by atoms with Crippen molar-refractivity contribution >= 4 is 34.8 Å². The Hall–Kier alpha value is -1.78. The molecule has 2 aliphatic rings. The number of rotatable bonds is 9. The lowest BCUT2D eigenvalue weighted by molar-refractivity contribution is -0.117. The van der Waals surface area contributed by atoms with Gasteiger partial charge in [0.1, 0.15) is 0 Å². The number of halogens is 2. The number of nitrogens with zero attached hydrogens (tertiary/aromatic N) is 4.